The van der Waals surface area contributed by atoms with Crippen molar-refractivity contribution in [1.29, 1.82) is 0 Å². The number of nitrogen functional groups attached to an aromatic ring is 1. The number of aromatic nitrogens is 2. The Bertz CT molecular complexity index is 1070. The third-order valence-electron chi connectivity index (χ3n) is 4.77. The van der Waals surface area contributed by atoms with Gasteiger partial charge in [0.15, 0.2) is 0 Å². The third-order valence-corrected chi connectivity index (χ3v) is 5.20. The molecule has 1 aliphatic heterocycles. The van der Waals surface area contributed by atoms with Gasteiger partial charge < -0.3 is 15.4 Å². The molecule has 0 fully saturated rings. The summed E-state index contributed by atoms with van der Waals surface area (Å²) in [7, 11) is 1.59. The van der Waals surface area contributed by atoms with Gasteiger partial charge >= 0.3 is 0 Å². The van der Waals surface area contributed by atoms with Crippen molar-refractivity contribution in [2.75, 3.05) is 19.4 Å². The zero-order valence-electron chi connectivity index (χ0n) is 15.1. The van der Waals surface area contributed by atoms with Gasteiger partial charge in [-0.05, 0) is 28.4 Å². The Hall–Kier alpha value is -2.67. The van der Waals surface area contributed by atoms with E-state index < -0.39 is 0 Å². The van der Waals surface area contributed by atoms with E-state index in [0.29, 0.717) is 30.2 Å². The van der Waals surface area contributed by atoms with Crippen LogP contribution in [0.4, 0.5) is 5.69 Å². The van der Waals surface area contributed by atoms with Crippen molar-refractivity contribution in [3.8, 4) is 17.0 Å². The molecule has 3 heterocycles. The Morgan fingerprint density at radius 2 is 2.15 bits per heavy atom. The highest BCUT2D eigenvalue weighted by Gasteiger charge is 2.32. The summed E-state index contributed by atoms with van der Waals surface area (Å²) in [5.74, 6) is 0.473. The monoisotopic (exact) mass is 426 g/mol. The smallest absolute Gasteiger partial charge is 0.258 e. The number of methoxy groups -OCH3 is 1. The molecule has 0 aliphatic carbocycles. The molecule has 7 heteroatoms. The van der Waals surface area contributed by atoms with Gasteiger partial charge in [-0.2, -0.15) is 0 Å². The second-order valence-electron chi connectivity index (χ2n) is 6.49. The summed E-state index contributed by atoms with van der Waals surface area (Å²) in [6, 6.07) is 7.72. The minimum atomic E-state index is -0.0362. The first-order valence-corrected chi connectivity index (χ1v) is 9.54. The quantitative estimate of drug-likeness (QED) is 0.681. The predicted octanol–water partition coefficient (Wildman–Crippen LogP) is 4.02. The van der Waals surface area contributed by atoms with E-state index in [4.69, 9.17) is 15.5 Å². The first-order valence-electron chi connectivity index (χ1n) is 8.75. The average Bonchev–Trinajstić information content (AvgIpc) is 2.97. The molecule has 0 saturated heterocycles. The lowest BCUT2D eigenvalue weighted by molar-refractivity contribution is 0.0779. The fourth-order valence-electron chi connectivity index (χ4n) is 3.58. The van der Waals surface area contributed by atoms with Gasteiger partial charge in [0.2, 0.25) is 5.88 Å². The Kier molecular flexibility index (Phi) is 4.47. The highest BCUT2D eigenvalue weighted by atomic mass is 79.9. The maximum atomic E-state index is 12.7. The summed E-state index contributed by atoms with van der Waals surface area (Å²) in [6.45, 7) is 3.24. The van der Waals surface area contributed by atoms with Crippen molar-refractivity contribution in [3.63, 3.8) is 0 Å². The molecule has 1 aromatic carbocycles. The fraction of sp³-hybridized carbons (Fsp3) is 0.250. The number of amides is 1. The highest BCUT2D eigenvalue weighted by molar-refractivity contribution is 9.10. The summed E-state index contributed by atoms with van der Waals surface area (Å²) in [5, 5.41) is 0.764. The topological polar surface area (TPSA) is 81.3 Å². The Morgan fingerprint density at radius 3 is 2.89 bits per heavy atom. The first kappa shape index (κ1) is 17.7. The summed E-state index contributed by atoms with van der Waals surface area (Å²) < 4.78 is 6.28. The maximum absolute atomic E-state index is 12.7. The number of pyridine rings is 2. The summed E-state index contributed by atoms with van der Waals surface area (Å²) in [4.78, 5) is 23.7. The van der Waals surface area contributed by atoms with Crippen molar-refractivity contribution in [2.45, 2.75) is 19.9 Å². The molecule has 3 aromatic rings. The molecule has 0 bridgehead atoms. The van der Waals surface area contributed by atoms with E-state index >= 15 is 0 Å². The van der Waals surface area contributed by atoms with E-state index in [1.54, 1.807) is 18.2 Å². The molecule has 2 aromatic heterocycles. The minimum Gasteiger partial charge on any atom is -0.481 e. The number of nitrogens with two attached hydrogens (primary N) is 1. The Balaban J connectivity index is 1.97. The average molecular weight is 427 g/mol. The molecule has 1 aliphatic rings. The molecular weight excluding hydrogens is 408 g/mol. The molecule has 1 amide bonds. The van der Waals surface area contributed by atoms with Crippen LogP contribution in [0.15, 0.2) is 34.9 Å². The van der Waals surface area contributed by atoms with Gasteiger partial charge in [0.25, 0.3) is 5.91 Å². The van der Waals surface area contributed by atoms with E-state index in [-0.39, 0.29) is 5.91 Å². The predicted molar refractivity (Wildman–Crippen MR) is 109 cm³/mol. The van der Waals surface area contributed by atoms with Crippen LogP contribution in [0.1, 0.15) is 29.4 Å². The van der Waals surface area contributed by atoms with Crippen molar-refractivity contribution in [1.82, 2.24) is 14.9 Å². The zero-order valence-corrected chi connectivity index (χ0v) is 16.7. The van der Waals surface area contributed by atoms with Crippen molar-refractivity contribution in [3.05, 3.63) is 46.2 Å². The molecule has 4 rings (SSSR count). The Labute approximate surface area is 165 Å². The van der Waals surface area contributed by atoms with Gasteiger partial charge in [0.1, 0.15) is 0 Å². The normalized spacial score (nSPS) is 13.3. The lowest BCUT2D eigenvalue weighted by Crippen LogP contribution is -2.24. The molecule has 0 spiro atoms. The standard InChI is InChI=1S/C20H19BrN4O2/c1-3-7-25-10-15-16(20(25)26)17(22)13-6-4-5-12(18(13)24-15)14-8-11(21)9-23-19(14)27-2/h4-6,8-9H,3,7,10H2,1-2H3,(H2,22,24). The van der Waals surface area contributed by atoms with Gasteiger partial charge in [0.05, 0.1) is 36.1 Å². The van der Waals surface area contributed by atoms with Crippen LogP contribution in [0.3, 0.4) is 0 Å². The van der Waals surface area contributed by atoms with Crippen LogP contribution >= 0.6 is 15.9 Å². The number of ether oxygens (including phenoxy) is 1. The SMILES string of the molecule is CCCN1Cc2nc3c(-c4cc(Br)cnc4OC)cccc3c(N)c2C1=O. The summed E-state index contributed by atoms with van der Waals surface area (Å²) in [6.07, 6.45) is 2.58. The lowest BCUT2D eigenvalue weighted by Gasteiger charge is -2.13. The van der Waals surface area contributed by atoms with E-state index in [9.17, 15) is 4.79 Å². The number of nitrogens with zero attached hydrogens (tertiary/aromatic N) is 3. The number of hydrogen-bond donors (Lipinski definition) is 1. The number of carbonyl (C=O) groups excluding carboxylic acids is 1. The molecule has 0 unspecified atom stereocenters. The van der Waals surface area contributed by atoms with Gasteiger partial charge in [-0.3, -0.25) is 4.79 Å². The number of anilines is 1. The van der Waals surface area contributed by atoms with Crippen molar-refractivity contribution < 1.29 is 9.53 Å². The molecule has 0 radical (unpaired) electrons. The largest absolute Gasteiger partial charge is 0.481 e. The number of hydrogen-bond acceptors (Lipinski definition) is 5. The van der Waals surface area contributed by atoms with Crippen LogP contribution in [0.5, 0.6) is 5.88 Å². The van der Waals surface area contributed by atoms with Gasteiger partial charge in [-0.1, -0.05) is 25.1 Å². The van der Waals surface area contributed by atoms with Crippen LogP contribution < -0.4 is 10.5 Å². The Morgan fingerprint density at radius 1 is 1.33 bits per heavy atom. The lowest BCUT2D eigenvalue weighted by atomic mass is 10.00. The fourth-order valence-corrected chi connectivity index (χ4v) is 3.91. The zero-order chi connectivity index (χ0) is 19.1. The molecule has 0 saturated carbocycles. The molecule has 27 heavy (non-hydrogen) atoms. The van der Waals surface area contributed by atoms with Crippen LogP contribution in [0.2, 0.25) is 0 Å². The number of fused-ring (bicyclic) bond motifs is 2. The maximum Gasteiger partial charge on any atom is 0.258 e. The number of para-hydroxylation sites is 1. The van der Waals surface area contributed by atoms with Crippen molar-refractivity contribution >= 4 is 38.4 Å². The van der Waals surface area contributed by atoms with E-state index in [1.165, 1.54) is 0 Å². The van der Waals surface area contributed by atoms with E-state index in [0.717, 1.165) is 38.6 Å². The van der Waals surface area contributed by atoms with E-state index in [2.05, 4.69) is 20.9 Å². The van der Waals surface area contributed by atoms with Gasteiger partial charge in [-0.15, -0.1) is 0 Å². The molecule has 2 N–H and O–H groups in total. The summed E-state index contributed by atoms with van der Waals surface area (Å²) in [5.41, 5.74) is 10.6. The minimum absolute atomic E-state index is 0.0362. The van der Waals surface area contributed by atoms with Crippen LogP contribution in [-0.4, -0.2) is 34.4 Å². The number of benzene rings is 1. The van der Waals surface area contributed by atoms with Gasteiger partial charge in [-0.25, -0.2) is 9.97 Å². The highest BCUT2D eigenvalue weighted by Crippen LogP contribution is 2.39. The number of halogens is 1. The molecule has 6 nitrogen and oxygen atoms in total. The van der Waals surface area contributed by atoms with Crippen molar-refractivity contribution in [2.24, 2.45) is 0 Å². The molecule has 0 atom stereocenters. The van der Waals surface area contributed by atoms with Gasteiger partial charge in [0, 0.05) is 33.7 Å². The first-order chi connectivity index (χ1) is 13.0. The van der Waals surface area contributed by atoms with Crippen LogP contribution in [0, 0.1) is 0 Å². The summed E-state index contributed by atoms with van der Waals surface area (Å²) >= 11 is 3.47. The molecule has 138 valence electrons. The van der Waals surface area contributed by atoms with Crippen LogP contribution in [0.25, 0.3) is 22.0 Å². The second kappa shape index (κ2) is 6.81. The van der Waals surface area contributed by atoms with E-state index in [1.807, 2.05) is 31.2 Å². The van der Waals surface area contributed by atoms with Crippen LogP contribution in [-0.2, 0) is 6.54 Å². The third kappa shape index (κ3) is 2.82. The number of carbonyl (C=O) groups is 1. The molecular formula is C20H19BrN4O2. The second-order valence-corrected chi connectivity index (χ2v) is 7.40. The number of rotatable bonds is 4.